The van der Waals surface area contributed by atoms with E-state index in [4.69, 9.17) is 25.8 Å². The Balaban J connectivity index is 2.94. The Labute approximate surface area is 114 Å². The summed E-state index contributed by atoms with van der Waals surface area (Å²) in [5.41, 5.74) is 1.76. The van der Waals surface area contributed by atoms with E-state index in [1.807, 2.05) is 19.1 Å². The van der Waals surface area contributed by atoms with E-state index in [2.05, 4.69) is 6.92 Å². The molecule has 0 saturated heterocycles. The summed E-state index contributed by atoms with van der Waals surface area (Å²) in [4.78, 5) is 0. The van der Waals surface area contributed by atoms with Crippen LogP contribution in [0.3, 0.4) is 0 Å². The van der Waals surface area contributed by atoms with Gasteiger partial charge in [0, 0.05) is 19.8 Å². The fraction of sp³-hybridized carbons (Fsp3) is 0.571. The Morgan fingerprint density at radius 2 is 1.89 bits per heavy atom. The number of hydrogen-bond acceptors (Lipinski definition) is 3. The largest absolute Gasteiger partial charge is 0.494 e. The SMILES string of the molecule is CCCCOc1cc(C)c(Cl)c(C(OC)OC)c1. The van der Waals surface area contributed by atoms with Crippen molar-refractivity contribution >= 4 is 11.6 Å². The van der Waals surface area contributed by atoms with Gasteiger partial charge in [-0.1, -0.05) is 24.9 Å². The van der Waals surface area contributed by atoms with Gasteiger partial charge < -0.3 is 14.2 Å². The molecule has 0 amide bonds. The molecule has 0 fully saturated rings. The average molecular weight is 273 g/mol. The van der Waals surface area contributed by atoms with Gasteiger partial charge in [0.2, 0.25) is 0 Å². The number of benzene rings is 1. The minimum Gasteiger partial charge on any atom is -0.494 e. The van der Waals surface area contributed by atoms with Crippen molar-refractivity contribution in [2.75, 3.05) is 20.8 Å². The molecular weight excluding hydrogens is 252 g/mol. The van der Waals surface area contributed by atoms with E-state index in [1.54, 1.807) is 14.2 Å². The molecule has 0 spiro atoms. The van der Waals surface area contributed by atoms with Crippen molar-refractivity contribution in [1.29, 1.82) is 0 Å². The molecule has 3 nitrogen and oxygen atoms in total. The first kappa shape index (κ1) is 15.3. The number of rotatable bonds is 7. The van der Waals surface area contributed by atoms with Gasteiger partial charge in [0.25, 0.3) is 0 Å². The first-order chi connectivity index (χ1) is 8.63. The highest BCUT2D eigenvalue weighted by Crippen LogP contribution is 2.32. The molecule has 0 bridgehead atoms. The van der Waals surface area contributed by atoms with Crippen molar-refractivity contribution in [2.24, 2.45) is 0 Å². The van der Waals surface area contributed by atoms with Gasteiger partial charge in [0.05, 0.1) is 11.6 Å². The van der Waals surface area contributed by atoms with Crippen LogP contribution in [0.1, 0.15) is 37.2 Å². The van der Waals surface area contributed by atoms with E-state index in [0.717, 1.165) is 29.7 Å². The summed E-state index contributed by atoms with van der Waals surface area (Å²) >= 11 is 6.26. The Hall–Kier alpha value is -0.770. The van der Waals surface area contributed by atoms with Crippen LogP contribution in [-0.2, 0) is 9.47 Å². The second-order valence-electron chi connectivity index (χ2n) is 4.15. The summed E-state index contributed by atoms with van der Waals surface area (Å²) in [6.07, 6.45) is 1.68. The average Bonchev–Trinajstić information content (AvgIpc) is 2.36. The number of methoxy groups -OCH3 is 2. The summed E-state index contributed by atoms with van der Waals surface area (Å²) < 4.78 is 16.2. The molecule has 102 valence electrons. The number of ether oxygens (including phenoxy) is 3. The fourth-order valence-corrected chi connectivity index (χ4v) is 1.90. The molecule has 0 aliphatic heterocycles. The Morgan fingerprint density at radius 3 is 2.44 bits per heavy atom. The van der Waals surface area contributed by atoms with Crippen molar-refractivity contribution in [3.63, 3.8) is 0 Å². The van der Waals surface area contributed by atoms with Crippen LogP contribution in [0.15, 0.2) is 12.1 Å². The maximum absolute atomic E-state index is 6.26. The first-order valence-corrected chi connectivity index (χ1v) is 6.50. The Kier molecular flexibility index (Phi) is 6.47. The summed E-state index contributed by atoms with van der Waals surface area (Å²) in [5.74, 6) is 0.805. The van der Waals surface area contributed by atoms with E-state index in [-0.39, 0.29) is 0 Å². The quantitative estimate of drug-likeness (QED) is 0.552. The number of hydrogen-bond donors (Lipinski definition) is 0. The number of halogens is 1. The summed E-state index contributed by atoms with van der Waals surface area (Å²) in [6, 6.07) is 3.81. The molecule has 1 rings (SSSR count). The molecule has 1 aromatic carbocycles. The highest BCUT2D eigenvalue weighted by Gasteiger charge is 2.16. The van der Waals surface area contributed by atoms with Crippen LogP contribution in [0.25, 0.3) is 0 Å². The lowest BCUT2D eigenvalue weighted by Gasteiger charge is -2.18. The van der Waals surface area contributed by atoms with Crippen molar-refractivity contribution in [3.8, 4) is 5.75 Å². The summed E-state index contributed by atoms with van der Waals surface area (Å²) in [6.45, 7) is 4.79. The standard InChI is InChI=1S/C14H21ClO3/c1-5-6-7-18-11-8-10(2)13(15)12(9-11)14(16-3)17-4/h8-9,14H,5-7H2,1-4H3. The topological polar surface area (TPSA) is 27.7 Å². The molecule has 4 heteroatoms. The third kappa shape index (κ3) is 3.87. The van der Waals surface area contributed by atoms with Crippen molar-refractivity contribution in [2.45, 2.75) is 33.0 Å². The highest BCUT2D eigenvalue weighted by atomic mass is 35.5. The molecule has 0 saturated carbocycles. The predicted molar refractivity (Wildman–Crippen MR) is 73.4 cm³/mol. The van der Waals surface area contributed by atoms with Gasteiger partial charge in [-0.3, -0.25) is 0 Å². The zero-order valence-electron chi connectivity index (χ0n) is 11.5. The van der Waals surface area contributed by atoms with E-state index in [1.165, 1.54) is 0 Å². The van der Waals surface area contributed by atoms with Gasteiger partial charge >= 0.3 is 0 Å². The van der Waals surface area contributed by atoms with E-state index in [9.17, 15) is 0 Å². The molecule has 0 aliphatic rings. The van der Waals surface area contributed by atoms with E-state index >= 15 is 0 Å². The van der Waals surface area contributed by atoms with Gasteiger partial charge in [0.15, 0.2) is 6.29 Å². The number of aryl methyl sites for hydroxylation is 1. The molecule has 18 heavy (non-hydrogen) atoms. The lowest BCUT2D eigenvalue weighted by atomic mass is 10.1. The smallest absolute Gasteiger partial charge is 0.184 e. The van der Waals surface area contributed by atoms with Crippen molar-refractivity contribution < 1.29 is 14.2 Å². The van der Waals surface area contributed by atoms with Crippen LogP contribution in [0.5, 0.6) is 5.75 Å². The van der Waals surface area contributed by atoms with Crippen LogP contribution in [0, 0.1) is 6.92 Å². The van der Waals surface area contributed by atoms with E-state index in [0.29, 0.717) is 11.6 Å². The normalized spacial score (nSPS) is 11.0. The Bertz CT molecular complexity index is 376. The van der Waals surface area contributed by atoms with Gasteiger partial charge in [-0.15, -0.1) is 0 Å². The van der Waals surface area contributed by atoms with Crippen LogP contribution >= 0.6 is 11.6 Å². The monoisotopic (exact) mass is 272 g/mol. The van der Waals surface area contributed by atoms with Gasteiger partial charge in [0.1, 0.15) is 5.75 Å². The molecule has 0 atom stereocenters. The minimum atomic E-state index is -0.467. The molecule has 0 N–H and O–H groups in total. The zero-order chi connectivity index (χ0) is 13.5. The van der Waals surface area contributed by atoms with Crippen molar-refractivity contribution in [1.82, 2.24) is 0 Å². The van der Waals surface area contributed by atoms with Crippen molar-refractivity contribution in [3.05, 3.63) is 28.3 Å². The summed E-state index contributed by atoms with van der Waals surface area (Å²) in [7, 11) is 3.18. The fourth-order valence-electron chi connectivity index (χ4n) is 1.70. The first-order valence-electron chi connectivity index (χ1n) is 6.12. The third-order valence-corrected chi connectivity index (χ3v) is 3.22. The molecule has 1 aromatic rings. The molecule has 0 aromatic heterocycles. The second-order valence-corrected chi connectivity index (χ2v) is 4.53. The predicted octanol–water partition coefficient (Wildman–Crippen LogP) is 4.12. The van der Waals surface area contributed by atoms with Gasteiger partial charge in [-0.25, -0.2) is 0 Å². The van der Waals surface area contributed by atoms with E-state index < -0.39 is 6.29 Å². The maximum Gasteiger partial charge on any atom is 0.184 e. The van der Waals surface area contributed by atoms with Gasteiger partial charge in [-0.05, 0) is 31.0 Å². The van der Waals surface area contributed by atoms with Crippen LogP contribution in [0.2, 0.25) is 5.02 Å². The summed E-state index contributed by atoms with van der Waals surface area (Å²) in [5, 5.41) is 0.659. The second kappa shape index (κ2) is 7.62. The van der Waals surface area contributed by atoms with Crippen LogP contribution in [0.4, 0.5) is 0 Å². The third-order valence-electron chi connectivity index (χ3n) is 2.70. The zero-order valence-corrected chi connectivity index (χ0v) is 12.2. The molecule has 0 radical (unpaired) electrons. The van der Waals surface area contributed by atoms with Crippen LogP contribution in [-0.4, -0.2) is 20.8 Å². The van der Waals surface area contributed by atoms with Gasteiger partial charge in [-0.2, -0.15) is 0 Å². The molecule has 0 aliphatic carbocycles. The minimum absolute atomic E-state index is 0.467. The lowest BCUT2D eigenvalue weighted by molar-refractivity contribution is -0.106. The highest BCUT2D eigenvalue weighted by molar-refractivity contribution is 6.32. The maximum atomic E-state index is 6.26. The lowest BCUT2D eigenvalue weighted by Crippen LogP contribution is -2.06. The molecule has 0 heterocycles. The number of unbranched alkanes of at least 4 members (excludes halogenated alkanes) is 1. The molecular formula is C14H21ClO3. The molecule has 0 unspecified atom stereocenters. The Morgan fingerprint density at radius 1 is 1.22 bits per heavy atom. The van der Waals surface area contributed by atoms with Crippen LogP contribution < -0.4 is 4.74 Å².